The molecule has 3 amide bonds. The molecule has 6 rings (SSSR count). The third-order valence-corrected chi connectivity index (χ3v) is 12.6. The van der Waals surface area contributed by atoms with Gasteiger partial charge in [-0.3, -0.25) is 24.1 Å². The van der Waals surface area contributed by atoms with E-state index in [9.17, 15) is 14.7 Å². The van der Waals surface area contributed by atoms with Gasteiger partial charge < -0.3 is 34.0 Å². The van der Waals surface area contributed by atoms with E-state index in [0.717, 1.165) is 13.1 Å². The molecule has 0 saturated carbocycles. The molecule has 4 saturated heterocycles. The Bertz CT molecular complexity index is 1690. The zero-order chi connectivity index (χ0) is 39.3. The molecule has 0 aliphatic carbocycles. The lowest BCUT2D eigenvalue weighted by Crippen LogP contribution is -2.58. The number of alkyl halides is 1. The first kappa shape index (κ1) is 40.8. The maximum Gasteiger partial charge on any atom is 0.313 e. The molecule has 1 N–H and O–H groups in total. The molecule has 13 heteroatoms. The molecule has 2 aromatic rings. The molecule has 4 aliphatic heterocycles. The Kier molecular flexibility index (Phi) is 13.3. The third kappa shape index (κ3) is 8.04. The van der Waals surface area contributed by atoms with Crippen LogP contribution >= 0.6 is 15.9 Å². The van der Waals surface area contributed by atoms with E-state index in [-0.39, 0.29) is 29.6 Å². The van der Waals surface area contributed by atoms with Gasteiger partial charge in [-0.05, 0) is 30.9 Å². The SMILES string of the molecule is C=CCCC(=O)N(C)[C@H](C)[C@H](OC(=O)[C@H]1[C@@H]2O[C@@]3(CC2Br)[C@@H]1C(=O)N([C@H](CO)c1ccccc1)[C@@H]3C(=O)N(CC=C)CCN1CCOCC1)c1ccccc1. The first-order valence-corrected chi connectivity index (χ1v) is 20.1. The van der Waals surface area contributed by atoms with Crippen molar-refractivity contribution >= 4 is 39.6 Å². The van der Waals surface area contributed by atoms with Crippen molar-refractivity contribution in [1.82, 2.24) is 19.6 Å². The summed E-state index contributed by atoms with van der Waals surface area (Å²) in [6, 6.07) is 15.8. The summed E-state index contributed by atoms with van der Waals surface area (Å²) in [4.78, 5) is 64.7. The normalized spacial score (nSPS) is 27.5. The zero-order valence-electron chi connectivity index (χ0n) is 31.7. The van der Waals surface area contributed by atoms with Crippen LogP contribution in [0.1, 0.15) is 49.5 Å². The molecular weight excluding hydrogens is 768 g/mol. The van der Waals surface area contributed by atoms with Gasteiger partial charge in [0.2, 0.25) is 17.7 Å². The number of halogens is 1. The van der Waals surface area contributed by atoms with Crippen LogP contribution in [0.4, 0.5) is 0 Å². The highest BCUT2D eigenvalue weighted by atomic mass is 79.9. The van der Waals surface area contributed by atoms with Gasteiger partial charge in [0, 0.05) is 51.0 Å². The minimum absolute atomic E-state index is 0.122. The first-order valence-electron chi connectivity index (χ1n) is 19.2. The lowest BCUT2D eigenvalue weighted by molar-refractivity contribution is -0.165. The number of fused-ring (bicyclic) bond motifs is 1. The Morgan fingerprint density at radius 2 is 1.71 bits per heavy atom. The fraction of sp³-hybridized carbons (Fsp3) is 0.524. The molecule has 0 radical (unpaired) electrons. The van der Waals surface area contributed by atoms with Gasteiger partial charge in [0.15, 0.2) is 0 Å². The first-order chi connectivity index (χ1) is 26.6. The molecule has 2 bridgehead atoms. The van der Waals surface area contributed by atoms with Gasteiger partial charge in [-0.1, -0.05) is 88.7 Å². The van der Waals surface area contributed by atoms with Crippen molar-refractivity contribution in [1.29, 1.82) is 0 Å². The van der Waals surface area contributed by atoms with Gasteiger partial charge in [-0.25, -0.2) is 0 Å². The number of allylic oxidation sites excluding steroid dienone is 1. The number of aliphatic hydroxyl groups is 1. The van der Waals surface area contributed by atoms with Crippen molar-refractivity contribution in [3.8, 4) is 0 Å². The van der Waals surface area contributed by atoms with Gasteiger partial charge in [-0.2, -0.15) is 0 Å². The topological polar surface area (TPSA) is 129 Å². The highest BCUT2D eigenvalue weighted by Crippen LogP contribution is 2.61. The van der Waals surface area contributed by atoms with E-state index in [2.05, 4.69) is 34.0 Å². The number of aliphatic hydroxyl groups excluding tert-OH is 1. The quantitative estimate of drug-likeness (QED) is 0.144. The lowest BCUT2D eigenvalue weighted by atomic mass is 9.70. The summed E-state index contributed by atoms with van der Waals surface area (Å²) >= 11 is 3.78. The predicted molar refractivity (Wildman–Crippen MR) is 210 cm³/mol. The Balaban J connectivity index is 1.37. The largest absolute Gasteiger partial charge is 0.455 e. The average molecular weight is 822 g/mol. The van der Waals surface area contributed by atoms with E-state index in [0.29, 0.717) is 50.3 Å². The number of morpholine rings is 1. The molecule has 2 aromatic carbocycles. The van der Waals surface area contributed by atoms with E-state index < -0.39 is 66.3 Å². The number of hydrogen-bond donors (Lipinski definition) is 1. The van der Waals surface area contributed by atoms with Crippen molar-refractivity contribution in [3.63, 3.8) is 0 Å². The summed E-state index contributed by atoms with van der Waals surface area (Å²) in [6.45, 7) is 13.0. The molecular formula is C42H53BrN4O8. The number of ether oxygens (including phenoxy) is 3. The molecule has 1 unspecified atom stereocenters. The number of rotatable bonds is 17. The van der Waals surface area contributed by atoms with Crippen molar-refractivity contribution in [2.75, 3.05) is 59.6 Å². The predicted octanol–water partition coefficient (Wildman–Crippen LogP) is 3.91. The molecule has 55 heavy (non-hydrogen) atoms. The van der Waals surface area contributed by atoms with Crippen LogP contribution in [0.5, 0.6) is 0 Å². The molecule has 0 aromatic heterocycles. The van der Waals surface area contributed by atoms with E-state index in [1.807, 2.05) is 67.6 Å². The minimum Gasteiger partial charge on any atom is -0.455 e. The summed E-state index contributed by atoms with van der Waals surface area (Å²) in [7, 11) is 1.69. The average Bonchev–Trinajstić information content (AvgIpc) is 3.81. The minimum atomic E-state index is -1.39. The van der Waals surface area contributed by atoms with Crippen molar-refractivity contribution in [2.24, 2.45) is 11.8 Å². The number of likely N-dealkylation sites (N-methyl/N-ethyl adjacent to an activating group) is 1. The van der Waals surface area contributed by atoms with Crippen molar-refractivity contribution in [3.05, 3.63) is 97.1 Å². The fourth-order valence-electron chi connectivity index (χ4n) is 8.81. The van der Waals surface area contributed by atoms with Crippen molar-refractivity contribution in [2.45, 2.75) is 66.9 Å². The highest BCUT2D eigenvalue weighted by Gasteiger charge is 2.77. The number of carbonyl (C=O) groups is 4. The molecule has 4 aliphatic rings. The summed E-state index contributed by atoms with van der Waals surface area (Å²) < 4.78 is 18.8. The highest BCUT2D eigenvalue weighted by molar-refractivity contribution is 9.09. The summed E-state index contributed by atoms with van der Waals surface area (Å²) in [5.41, 5.74) is -0.0388. The van der Waals surface area contributed by atoms with Gasteiger partial charge in [0.25, 0.3) is 0 Å². The number of esters is 1. The molecule has 9 atom stereocenters. The van der Waals surface area contributed by atoms with Gasteiger partial charge in [0.05, 0.1) is 49.8 Å². The third-order valence-electron chi connectivity index (χ3n) is 11.8. The number of amides is 3. The van der Waals surface area contributed by atoms with Gasteiger partial charge >= 0.3 is 5.97 Å². The smallest absolute Gasteiger partial charge is 0.313 e. The summed E-state index contributed by atoms with van der Waals surface area (Å²) in [5.74, 6) is -3.67. The molecule has 296 valence electrons. The van der Waals surface area contributed by atoms with Crippen LogP contribution in [0.2, 0.25) is 0 Å². The molecule has 4 fully saturated rings. The van der Waals surface area contributed by atoms with Crippen LogP contribution in [0, 0.1) is 11.8 Å². The fourth-order valence-corrected chi connectivity index (χ4v) is 9.75. The summed E-state index contributed by atoms with van der Waals surface area (Å²) in [5, 5.41) is 11.0. The number of carbonyl (C=O) groups excluding carboxylic acids is 4. The maximum atomic E-state index is 15.1. The monoisotopic (exact) mass is 820 g/mol. The Morgan fingerprint density at radius 3 is 2.33 bits per heavy atom. The standard InChI is InChI=1S/C42H53BrN4O8/c1-5-7-18-33(49)44(4)28(3)36(30-16-12-9-13-17-30)54-41(52)34-35-39(50)47(32(27-48)29-14-10-8-11-15-29)38(42(35)26-31(43)37(34)55-42)40(51)46(19-6-2)21-20-45-22-24-53-25-23-45/h5-6,8-17,28,31-32,34-38,48H,1-2,7,18-27H2,3-4H3/t28-,31?,32-,34-,35+,36+,37-,38-,42+/m1/s1. The van der Waals surface area contributed by atoms with E-state index >= 15 is 9.59 Å². The van der Waals surface area contributed by atoms with Crippen LogP contribution in [0.25, 0.3) is 0 Å². The van der Waals surface area contributed by atoms with E-state index in [4.69, 9.17) is 14.2 Å². The molecule has 1 spiro atoms. The second kappa shape index (κ2) is 17.9. The van der Waals surface area contributed by atoms with E-state index in [1.165, 1.54) is 4.90 Å². The number of benzene rings is 2. The van der Waals surface area contributed by atoms with Crippen molar-refractivity contribution < 1.29 is 38.5 Å². The Labute approximate surface area is 332 Å². The maximum absolute atomic E-state index is 15.1. The Morgan fingerprint density at radius 1 is 1.05 bits per heavy atom. The molecule has 4 heterocycles. The van der Waals surface area contributed by atoms with E-state index in [1.54, 1.807) is 29.0 Å². The summed E-state index contributed by atoms with van der Waals surface area (Å²) in [6.07, 6.45) is 2.79. The van der Waals surface area contributed by atoms with Crippen LogP contribution in [-0.4, -0.2) is 137 Å². The van der Waals surface area contributed by atoms with Crippen LogP contribution in [0.15, 0.2) is 86.0 Å². The number of nitrogens with zero attached hydrogens (tertiary/aromatic N) is 4. The molecule has 12 nitrogen and oxygen atoms in total. The second-order valence-corrected chi connectivity index (χ2v) is 16.1. The lowest BCUT2D eigenvalue weighted by Gasteiger charge is -2.40. The van der Waals surface area contributed by atoms with Gasteiger partial charge in [0.1, 0.15) is 17.7 Å². The van der Waals surface area contributed by atoms with Crippen LogP contribution in [-0.2, 0) is 33.4 Å². The Hall–Kier alpha value is -3.88. The van der Waals surface area contributed by atoms with Gasteiger partial charge in [-0.15, -0.1) is 13.2 Å². The number of likely N-dealkylation sites (tertiary alicyclic amines) is 1. The zero-order valence-corrected chi connectivity index (χ0v) is 33.3. The van der Waals surface area contributed by atoms with Crippen LogP contribution in [0.3, 0.4) is 0 Å². The number of hydrogen-bond acceptors (Lipinski definition) is 9. The van der Waals surface area contributed by atoms with Crippen LogP contribution < -0.4 is 0 Å². The second-order valence-electron chi connectivity index (χ2n) is 14.9.